The van der Waals surface area contributed by atoms with Crippen molar-refractivity contribution >= 4 is 11.8 Å². The van der Waals surface area contributed by atoms with Crippen LogP contribution in [0.2, 0.25) is 0 Å². The predicted molar refractivity (Wildman–Crippen MR) is 49.3 cm³/mol. The van der Waals surface area contributed by atoms with E-state index in [4.69, 9.17) is 15.6 Å². The number of nitrogens with two attached hydrogens (primary N) is 1. The van der Waals surface area contributed by atoms with Gasteiger partial charge < -0.3 is 20.9 Å². The van der Waals surface area contributed by atoms with Crippen molar-refractivity contribution < 1.29 is 19.4 Å². The Kier molecular flexibility index (Phi) is 4.52. The van der Waals surface area contributed by atoms with Crippen LogP contribution in [0.4, 0.5) is 0 Å². The number of aliphatic hydroxyl groups is 1. The first kappa shape index (κ1) is 12.9. The molecular formula is C8H16N2O4. The van der Waals surface area contributed by atoms with Gasteiger partial charge >= 0.3 is 0 Å². The number of nitrogens with one attached hydrogen (secondary N) is 1. The standard InChI is InChI=1S/C8H16N2O4/c1-8(2,14-3)7(13)10-4-5(11)6(9)12/h5,11H,4H2,1-3H3,(H2,9,12)(H,10,13). The summed E-state index contributed by atoms with van der Waals surface area (Å²) >= 11 is 0. The van der Waals surface area contributed by atoms with Gasteiger partial charge in [0.15, 0.2) is 0 Å². The van der Waals surface area contributed by atoms with Crippen LogP contribution in [-0.4, -0.2) is 42.3 Å². The van der Waals surface area contributed by atoms with Gasteiger partial charge in [0.05, 0.1) is 6.54 Å². The zero-order valence-electron chi connectivity index (χ0n) is 8.53. The van der Waals surface area contributed by atoms with Crippen molar-refractivity contribution in [2.75, 3.05) is 13.7 Å². The first-order chi connectivity index (χ1) is 6.31. The fraction of sp³-hybridized carbons (Fsp3) is 0.750. The maximum atomic E-state index is 11.3. The molecule has 0 aromatic rings. The Bertz CT molecular complexity index is 227. The van der Waals surface area contributed by atoms with E-state index in [9.17, 15) is 9.59 Å². The molecular weight excluding hydrogens is 188 g/mol. The van der Waals surface area contributed by atoms with Crippen molar-refractivity contribution in [2.24, 2.45) is 5.73 Å². The van der Waals surface area contributed by atoms with E-state index in [1.165, 1.54) is 7.11 Å². The lowest BCUT2D eigenvalue weighted by atomic mass is 10.1. The molecule has 4 N–H and O–H groups in total. The molecule has 0 aromatic heterocycles. The van der Waals surface area contributed by atoms with Crippen LogP contribution in [0.1, 0.15) is 13.8 Å². The zero-order valence-corrected chi connectivity index (χ0v) is 8.53. The maximum Gasteiger partial charge on any atom is 0.251 e. The van der Waals surface area contributed by atoms with Crippen LogP contribution < -0.4 is 11.1 Å². The normalized spacial score (nSPS) is 13.4. The number of primary amides is 1. The van der Waals surface area contributed by atoms with Gasteiger partial charge in [-0.05, 0) is 13.8 Å². The van der Waals surface area contributed by atoms with Crippen molar-refractivity contribution in [2.45, 2.75) is 25.6 Å². The van der Waals surface area contributed by atoms with Gasteiger partial charge in [0, 0.05) is 7.11 Å². The number of hydrogen-bond acceptors (Lipinski definition) is 4. The summed E-state index contributed by atoms with van der Waals surface area (Å²) in [7, 11) is 1.39. The highest BCUT2D eigenvalue weighted by atomic mass is 16.5. The van der Waals surface area contributed by atoms with E-state index in [2.05, 4.69) is 5.32 Å². The summed E-state index contributed by atoms with van der Waals surface area (Å²) in [6.07, 6.45) is -1.37. The van der Waals surface area contributed by atoms with Crippen molar-refractivity contribution in [3.05, 3.63) is 0 Å². The number of hydrogen-bond donors (Lipinski definition) is 3. The molecule has 1 atom stereocenters. The molecule has 1 unspecified atom stereocenters. The average molecular weight is 204 g/mol. The Labute approximate surface area is 82.4 Å². The van der Waals surface area contributed by atoms with E-state index in [0.717, 1.165) is 0 Å². The van der Waals surface area contributed by atoms with Crippen molar-refractivity contribution in [3.63, 3.8) is 0 Å². The first-order valence-corrected chi connectivity index (χ1v) is 4.12. The van der Waals surface area contributed by atoms with E-state index in [-0.39, 0.29) is 6.54 Å². The van der Waals surface area contributed by atoms with Crippen LogP contribution in [0.3, 0.4) is 0 Å². The Morgan fingerprint density at radius 3 is 2.43 bits per heavy atom. The lowest BCUT2D eigenvalue weighted by molar-refractivity contribution is -0.140. The summed E-state index contributed by atoms with van der Waals surface area (Å²) in [6.45, 7) is 2.93. The third-order valence-corrected chi connectivity index (χ3v) is 1.84. The molecule has 0 rings (SSSR count). The predicted octanol–water partition coefficient (Wildman–Crippen LogP) is -1.63. The second-order valence-corrected chi connectivity index (χ2v) is 3.34. The minimum atomic E-state index is -1.37. The maximum absolute atomic E-state index is 11.3. The van der Waals surface area contributed by atoms with Crippen LogP contribution in [0.5, 0.6) is 0 Å². The molecule has 82 valence electrons. The third kappa shape index (κ3) is 3.71. The number of methoxy groups -OCH3 is 1. The number of ether oxygens (including phenoxy) is 1. The molecule has 0 aliphatic carbocycles. The molecule has 0 aromatic carbocycles. The average Bonchev–Trinajstić information content (AvgIpc) is 2.13. The van der Waals surface area contributed by atoms with Crippen LogP contribution in [-0.2, 0) is 14.3 Å². The van der Waals surface area contributed by atoms with Crippen molar-refractivity contribution in [1.29, 1.82) is 0 Å². The van der Waals surface area contributed by atoms with Crippen molar-refractivity contribution in [3.8, 4) is 0 Å². The second kappa shape index (κ2) is 4.92. The summed E-state index contributed by atoms with van der Waals surface area (Å²) in [4.78, 5) is 21.7. The quantitative estimate of drug-likeness (QED) is 0.500. The highest BCUT2D eigenvalue weighted by Gasteiger charge is 2.27. The third-order valence-electron chi connectivity index (χ3n) is 1.84. The monoisotopic (exact) mass is 204 g/mol. The topological polar surface area (TPSA) is 102 Å². The minimum Gasteiger partial charge on any atom is -0.381 e. The smallest absolute Gasteiger partial charge is 0.251 e. The Morgan fingerprint density at radius 2 is 2.07 bits per heavy atom. The Morgan fingerprint density at radius 1 is 1.57 bits per heavy atom. The molecule has 6 heteroatoms. The Hall–Kier alpha value is -1.14. The fourth-order valence-corrected chi connectivity index (χ4v) is 0.596. The van der Waals surface area contributed by atoms with Crippen LogP contribution in [0.25, 0.3) is 0 Å². The number of amides is 2. The van der Waals surface area contributed by atoms with E-state index in [0.29, 0.717) is 0 Å². The summed E-state index contributed by atoms with van der Waals surface area (Å²) in [5.74, 6) is -1.29. The molecule has 0 radical (unpaired) electrons. The second-order valence-electron chi connectivity index (χ2n) is 3.34. The molecule has 0 bridgehead atoms. The van der Waals surface area contributed by atoms with Gasteiger partial charge in [-0.25, -0.2) is 0 Å². The number of aliphatic hydroxyl groups excluding tert-OH is 1. The molecule has 0 aliphatic heterocycles. The molecule has 0 spiro atoms. The summed E-state index contributed by atoms with van der Waals surface area (Å²) in [5, 5.41) is 11.3. The van der Waals surface area contributed by atoms with E-state index in [1.54, 1.807) is 13.8 Å². The molecule has 0 aliphatic rings. The Balaban J connectivity index is 4.03. The molecule has 0 saturated heterocycles. The van der Waals surface area contributed by atoms with Crippen LogP contribution in [0.15, 0.2) is 0 Å². The molecule has 6 nitrogen and oxygen atoms in total. The van der Waals surface area contributed by atoms with Gasteiger partial charge in [0.2, 0.25) is 5.91 Å². The number of rotatable bonds is 5. The lowest BCUT2D eigenvalue weighted by Gasteiger charge is -2.22. The zero-order chi connectivity index (χ0) is 11.4. The molecule has 0 saturated carbocycles. The van der Waals surface area contributed by atoms with Crippen molar-refractivity contribution in [1.82, 2.24) is 5.32 Å². The van der Waals surface area contributed by atoms with Crippen LogP contribution in [0, 0.1) is 0 Å². The molecule has 0 heterocycles. The highest BCUT2D eigenvalue weighted by molar-refractivity contribution is 5.85. The van der Waals surface area contributed by atoms with Crippen LogP contribution >= 0.6 is 0 Å². The van der Waals surface area contributed by atoms with Gasteiger partial charge in [-0.3, -0.25) is 9.59 Å². The first-order valence-electron chi connectivity index (χ1n) is 4.12. The van der Waals surface area contributed by atoms with E-state index < -0.39 is 23.5 Å². The molecule has 14 heavy (non-hydrogen) atoms. The molecule has 0 fully saturated rings. The van der Waals surface area contributed by atoms with Gasteiger partial charge in [0.1, 0.15) is 11.7 Å². The SMILES string of the molecule is COC(C)(C)C(=O)NCC(O)C(N)=O. The summed E-state index contributed by atoms with van der Waals surface area (Å²) in [5.41, 5.74) is 3.80. The molecule has 2 amide bonds. The summed E-state index contributed by atoms with van der Waals surface area (Å²) < 4.78 is 4.88. The van der Waals surface area contributed by atoms with Gasteiger partial charge in [-0.15, -0.1) is 0 Å². The van der Waals surface area contributed by atoms with Gasteiger partial charge in [-0.2, -0.15) is 0 Å². The highest BCUT2D eigenvalue weighted by Crippen LogP contribution is 2.06. The lowest BCUT2D eigenvalue weighted by Crippen LogP contribution is -2.48. The van der Waals surface area contributed by atoms with E-state index in [1.807, 2.05) is 0 Å². The fourth-order valence-electron chi connectivity index (χ4n) is 0.596. The number of carbonyl (C=O) groups is 2. The largest absolute Gasteiger partial charge is 0.381 e. The van der Waals surface area contributed by atoms with E-state index >= 15 is 0 Å². The van der Waals surface area contributed by atoms with Gasteiger partial charge in [-0.1, -0.05) is 0 Å². The summed E-state index contributed by atoms with van der Waals surface area (Å²) in [6, 6.07) is 0. The number of carbonyl (C=O) groups excluding carboxylic acids is 2. The minimum absolute atomic E-state index is 0.207. The van der Waals surface area contributed by atoms with Gasteiger partial charge in [0.25, 0.3) is 5.91 Å².